The number of aromatic nitrogens is 2. The summed E-state index contributed by atoms with van der Waals surface area (Å²) >= 11 is 7.41. The highest BCUT2D eigenvalue weighted by molar-refractivity contribution is 7.13. The van der Waals surface area contributed by atoms with Gasteiger partial charge in [0.15, 0.2) is 5.13 Å². The normalized spacial score (nSPS) is 11.0. The highest BCUT2D eigenvalue weighted by Gasteiger charge is 2.13. The smallest absolute Gasteiger partial charge is 0.180 e. The van der Waals surface area contributed by atoms with Crippen molar-refractivity contribution < 1.29 is 0 Å². The molecule has 0 radical (unpaired) electrons. The molecular formula is C17H18ClN3S. The third-order valence-electron chi connectivity index (χ3n) is 3.91. The van der Waals surface area contributed by atoms with Crippen molar-refractivity contribution in [1.82, 2.24) is 9.55 Å². The number of rotatable bonds is 4. The molecule has 0 aliphatic rings. The van der Waals surface area contributed by atoms with Crippen molar-refractivity contribution in [2.45, 2.75) is 26.8 Å². The van der Waals surface area contributed by atoms with Crippen LogP contribution in [0, 0.1) is 13.8 Å². The zero-order valence-electron chi connectivity index (χ0n) is 12.6. The number of nitrogens with two attached hydrogens (primary N) is 1. The lowest BCUT2D eigenvalue weighted by atomic mass is 10.1. The van der Waals surface area contributed by atoms with Crippen LogP contribution in [-0.4, -0.2) is 9.55 Å². The molecule has 0 bridgehead atoms. The first-order valence-electron chi connectivity index (χ1n) is 7.17. The van der Waals surface area contributed by atoms with Crippen LogP contribution in [-0.2, 0) is 13.0 Å². The molecule has 0 aliphatic heterocycles. The van der Waals surface area contributed by atoms with E-state index in [1.54, 1.807) is 0 Å². The Labute approximate surface area is 139 Å². The fourth-order valence-corrected chi connectivity index (χ4v) is 3.40. The Morgan fingerprint density at radius 2 is 1.95 bits per heavy atom. The number of hydrogen-bond donors (Lipinski definition) is 1. The van der Waals surface area contributed by atoms with Crippen LogP contribution in [0.15, 0.2) is 35.7 Å². The van der Waals surface area contributed by atoms with Gasteiger partial charge < -0.3 is 10.3 Å². The van der Waals surface area contributed by atoms with Crippen molar-refractivity contribution in [2.24, 2.45) is 0 Å². The summed E-state index contributed by atoms with van der Waals surface area (Å²) in [6.07, 6.45) is 0.978. The zero-order valence-corrected chi connectivity index (χ0v) is 14.2. The van der Waals surface area contributed by atoms with Crippen molar-refractivity contribution in [2.75, 3.05) is 5.73 Å². The molecule has 3 nitrogen and oxygen atoms in total. The molecule has 3 aromatic rings. The monoisotopic (exact) mass is 331 g/mol. The molecule has 0 atom stereocenters. The average molecular weight is 332 g/mol. The fraction of sp³-hybridized carbons (Fsp3) is 0.235. The van der Waals surface area contributed by atoms with Gasteiger partial charge in [-0.05, 0) is 44.0 Å². The largest absolute Gasteiger partial charge is 0.375 e. The van der Waals surface area contributed by atoms with Crippen LogP contribution in [0.5, 0.6) is 0 Å². The van der Waals surface area contributed by atoms with Gasteiger partial charge in [0.2, 0.25) is 0 Å². The number of thiazole rings is 1. The Hall–Kier alpha value is -1.78. The van der Waals surface area contributed by atoms with Crippen molar-refractivity contribution in [3.05, 3.63) is 57.7 Å². The Morgan fingerprint density at radius 3 is 2.59 bits per heavy atom. The summed E-state index contributed by atoms with van der Waals surface area (Å²) in [6, 6.07) is 10.2. The van der Waals surface area contributed by atoms with Gasteiger partial charge in [0.05, 0.1) is 5.69 Å². The maximum absolute atomic E-state index is 5.93. The molecule has 3 rings (SSSR count). The van der Waals surface area contributed by atoms with E-state index in [-0.39, 0.29) is 0 Å². The Balaban J connectivity index is 1.82. The molecule has 2 N–H and O–H groups in total. The molecule has 0 spiro atoms. The van der Waals surface area contributed by atoms with Crippen LogP contribution in [0.3, 0.4) is 0 Å². The van der Waals surface area contributed by atoms with Gasteiger partial charge >= 0.3 is 0 Å². The van der Waals surface area contributed by atoms with Crippen molar-refractivity contribution in [3.8, 4) is 11.3 Å². The number of hydrogen-bond acceptors (Lipinski definition) is 3. The average Bonchev–Trinajstić information content (AvgIpc) is 3.03. The summed E-state index contributed by atoms with van der Waals surface area (Å²) in [5.41, 5.74) is 11.6. The highest BCUT2D eigenvalue weighted by atomic mass is 35.5. The summed E-state index contributed by atoms with van der Waals surface area (Å²) in [6.45, 7) is 5.22. The lowest BCUT2D eigenvalue weighted by Crippen LogP contribution is -2.05. The van der Waals surface area contributed by atoms with E-state index in [9.17, 15) is 0 Å². The second-order valence-corrected chi connectivity index (χ2v) is 6.71. The molecule has 0 aliphatic carbocycles. The van der Waals surface area contributed by atoms with Crippen LogP contribution >= 0.6 is 22.9 Å². The second-order valence-electron chi connectivity index (χ2n) is 5.38. The maximum atomic E-state index is 5.93. The third kappa shape index (κ3) is 3.03. The molecule has 0 unspecified atom stereocenters. The first-order valence-corrected chi connectivity index (χ1v) is 8.43. The van der Waals surface area contributed by atoms with Crippen molar-refractivity contribution in [1.29, 1.82) is 0 Å². The van der Waals surface area contributed by atoms with Crippen molar-refractivity contribution >= 4 is 28.1 Å². The Kier molecular flexibility index (Phi) is 4.23. The summed E-state index contributed by atoms with van der Waals surface area (Å²) in [7, 11) is 0. The molecule has 5 heteroatoms. The lowest BCUT2D eigenvalue weighted by Gasteiger charge is -2.10. The fourth-order valence-electron chi connectivity index (χ4n) is 2.71. The minimum absolute atomic E-state index is 0.612. The van der Waals surface area contributed by atoms with E-state index in [1.807, 2.05) is 17.5 Å². The molecule has 22 heavy (non-hydrogen) atoms. The quantitative estimate of drug-likeness (QED) is 0.752. The van der Waals surface area contributed by atoms with Crippen molar-refractivity contribution in [3.63, 3.8) is 0 Å². The molecule has 2 heterocycles. The standard InChI is InChI=1S/C17H18ClN3S/c1-11-9-15(16-10-22-17(19)20-16)12(2)21(11)8-7-13-3-5-14(18)6-4-13/h3-6,9-10H,7-8H2,1-2H3,(H2,19,20). The zero-order chi connectivity index (χ0) is 15.7. The van der Waals surface area contributed by atoms with Gasteiger partial charge in [-0.15, -0.1) is 11.3 Å². The minimum Gasteiger partial charge on any atom is -0.375 e. The van der Waals surface area contributed by atoms with E-state index >= 15 is 0 Å². The van der Waals surface area contributed by atoms with Gasteiger partial charge in [-0.2, -0.15) is 0 Å². The lowest BCUT2D eigenvalue weighted by molar-refractivity contribution is 0.664. The summed E-state index contributed by atoms with van der Waals surface area (Å²) in [4.78, 5) is 4.39. The molecule has 0 saturated heterocycles. The molecule has 2 aromatic heterocycles. The first-order chi connectivity index (χ1) is 10.5. The van der Waals surface area contributed by atoms with Crippen LogP contribution in [0.25, 0.3) is 11.3 Å². The molecular weight excluding hydrogens is 314 g/mol. The number of aryl methyl sites for hydroxylation is 2. The number of halogens is 1. The molecule has 114 valence electrons. The van der Waals surface area contributed by atoms with Gasteiger partial charge in [-0.3, -0.25) is 0 Å². The number of nitrogens with zero attached hydrogens (tertiary/aromatic N) is 2. The Bertz CT molecular complexity index is 787. The topological polar surface area (TPSA) is 43.8 Å². The van der Waals surface area contributed by atoms with E-state index < -0.39 is 0 Å². The Morgan fingerprint density at radius 1 is 1.23 bits per heavy atom. The van der Waals surface area contributed by atoms with Crippen LogP contribution < -0.4 is 5.73 Å². The number of anilines is 1. The molecule has 0 amide bonds. The highest BCUT2D eigenvalue weighted by Crippen LogP contribution is 2.29. The summed E-state index contributed by atoms with van der Waals surface area (Å²) in [5, 5.41) is 3.40. The van der Waals surface area contributed by atoms with E-state index in [1.165, 1.54) is 33.9 Å². The van der Waals surface area contributed by atoms with E-state index in [4.69, 9.17) is 17.3 Å². The second kappa shape index (κ2) is 6.15. The van der Waals surface area contributed by atoms with Gasteiger partial charge in [0.1, 0.15) is 0 Å². The van der Waals surface area contributed by atoms with E-state index in [0.29, 0.717) is 5.13 Å². The van der Waals surface area contributed by atoms with Crippen LogP contribution in [0.1, 0.15) is 17.0 Å². The number of benzene rings is 1. The van der Waals surface area contributed by atoms with Crippen LogP contribution in [0.2, 0.25) is 5.02 Å². The van der Waals surface area contributed by atoms with Gasteiger partial charge in [-0.1, -0.05) is 23.7 Å². The predicted octanol–water partition coefficient (Wildman–Crippen LogP) is 4.71. The van der Waals surface area contributed by atoms with Gasteiger partial charge in [0.25, 0.3) is 0 Å². The molecule has 0 saturated carbocycles. The molecule has 0 fully saturated rings. The first kappa shape index (κ1) is 15.1. The SMILES string of the molecule is Cc1cc(-c2csc(N)n2)c(C)n1CCc1ccc(Cl)cc1. The van der Waals surface area contributed by atoms with E-state index in [2.05, 4.69) is 41.6 Å². The maximum Gasteiger partial charge on any atom is 0.180 e. The third-order valence-corrected chi connectivity index (χ3v) is 4.83. The van der Waals surface area contributed by atoms with E-state index in [0.717, 1.165) is 23.7 Å². The van der Waals surface area contributed by atoms with Gasteiger partial charge in [-0.25, -0.2) is 4.98 Å². The predicted molar refractivity (Wildman–Crippen MR) is 94.6 cm³/mol. The van der Waals surface area contributed by atoms with Gasteiger partial charge in [0, 0.05) is 33.9 Å². The summed E-state index contributed by atoms with van der Waals surface area (Å²) < 4.78 is 2.33. The number of nitrogen functional groups attached to an aromatic ring is 1. The van der Waals surface area contributed by atoms with Crippen LogP contribution in [0.4, 0.5) is 5.13 Å². The minimum atomic E-state index is 0.612. The summed E-state index contributed by atoms with van der Waals surface area (Å²) in [5.74, 6) is 0. The molecule has 1 aromatic carbocycles.